The molecule has 0 aromatic heterocycles. The molecular formula is C9H6FNO3. The van der Waals surface area contributed by atoms with E-state index in [-0.39, 0.29) is 6.61 Å². The maximum atomic E-state index is 13.0. The summed E-state index contributed by atoms with van der Waals surface area (Å²) in [5, 5.41) is 18.6. The van der Waals surface area contributed by atoms with Crippen molar-refractivity contribution >= 4 is 5.69 Å². The summed E-state index contributed by atoms with van der Waals surface area (Å²) in [4.78, 5) is 9.43. The van der Waals surface area contributed by atoms with Crippen LogP contribution in [0.15, 0.2) is 18.2 Å². The number of nitrogens with zero attached hydrogens (tertiary/aromatic N) is 1. The zero-order chi connectivity index (χ0) is 10.6. The van der Waals surface area contributed by atoms with Gasteiger partial charge in [0.25, 0.3) is 0 Å². The van der Waals surface area contributed by atoms with E-state index in [9.17, 15) is 14.5 Å². The van der Waals surface area contributed by atoms with Gasteiger partial charge in [-0.25, -0.2) is 0 Å². The number of rotatable bonds is 1. The summed E-state index contributed by atoms with van der Waals surface area (Å²) in [5.41, 5.74) is -0.290. The highest BCUT2D eigenvalue weighted by Crippen LogP contribution is 2.17. The SMILES string of the molecule is O=[N+]([O-])c1ccc(C#CCO)cc1F. The molecule has 0 unspecified atom stereocenters. The maximum Gasteiger partial charge on any atom is 0.304 e. The second-order valence-electron chi connectivity index (χ2n) is 2.38. The molecule has 1 aromatic rings. The summed E-state index contributed by atoms with van der Waals surface area (Å²) in [6, 6.07) is 3.32. The topological polar surface area (TPSA) is 63.4 Å². The Morgan fingerprint density at radius 1 is 1.57 bits per heavy atom. The summed E-state index contributed by atoms with van der Waals surface area (Å²) in [6.45, 7) is -0.335. The minimum Gasteiger partial charge on any atom is -0.384 e. The normalized spacial score (nSPS) is 9.00. The van der Waals surface area contributed by atoms with Crippen LogP contribution in [0.4, 0.5) is 10.1 Å². The number of halogens is 1. The molecule has 5 heteroatoms. The Morgan fingerprint density at radius 2 is 2.29 bits per heavy atom. The van der Waals surface area contributed by atoms with Crippen molar-refractivity contribution in [1.29, 1.82) is 0 Å². The van der Waals surface area contributed by atoms with Crippen molar-refractivity contribution in [2.45, 2.75) is 0 Å². The van der Waals surface area contributed by atoms with Crippen molar-refractivity contribution in [1.82, 2.24) is 0 Å². The smallest absolute Gasteiger partial charge is 0.304 e. The molecule has 72 valence electrons. The molecule has 0 saturated carbocycles. The molecule has 0 aliphatic heterocycles. The van der Waals surface area contributed by atoms with Crippen molar-refractivity contribution in [3.63, 3.8) is 0 Å². The highest BCUT2D eigenvalue weighted by atomic mass is 19.1. The van der Waals surface area contributed by atoms with Gasteiger partial charge in [0, 0.05) is 11.6 Å². The van der Waals surface area contributed by atoms with Crippen LogP contribution in [0.25, 0.3) is 0 Å². The van der Waals surface area contributed by atoms with Gasteiger partial charge in [-0.2, -0.15) is 4.39 Å². The highest BCUT2D eigenvalue weighted by Gasteiger charge is 2.12. The molecule has 1 rings (SSSR count). The Bertz CT molecular complexity index is 420. The van der Waals surface area contributed by atoms with Crippen LogP contribution in [0.2, 0.25) is 0 Å². The van der Waals surface area contributed by atoms with Crippen LogP contribution in [0.5, 0.6) is 0 Å². The molecule has 0 aliphatic rings. The highest BCUT2D eigenvalue weighted by molar-refractivity contribution is 5.42. The van der Waals surface area contributed by atoms with E-state index in [2.05, 4.69) is 11.8 Å². The fourth-order valence-corrected chi connectivity index (χ4v) is 0.874. The molecular weight excluding hydrogens is 189 g/mol. The minimum absolute atomic E-state index is 0.294. The second-order valence-corrected chi connectivity index (χ2v) is 2.38. The van der Waals surface area contributed by atoms with E-state index in [1.54, 1.807) is 0 Å². The second kappa shape index (κ2) is 4.35. The molecule has 0 heterocycles. The van der Waals surface area contributed by atoms with Crippen molar-refractivity contribution in [3.8, 4) is 11.8 Å². The third kappa shape index (κ3) is 2.28. The van der Waals surface area contributed by atoms with Crippen LogP contribution in [-0.2, 0) is 0 Å². The van der Waals surface area contributed by atoms with Gasteiger partial charge in [0.15, 0.2) is 0 Å². The number of hydrogen-bond donors (Lipinski definition) is 1. The Kier molecular flexibility index (Phi) is 3.15. The Morgan fingerprint density at radius 3 is 2.79 bits per heavy atom. The van der Waals surface area contributed by atoms with E-state index in [1.165, 1.54) is 6.07 Å². The summed E-state index contributed by atoms with van der Waals surface area (Å²) >= 11 is 0. The van der Waals surface area contributed by atoms with Crippen LogP contribution in [0.1, 0.15) is 5.56 Å². The molecule has 0 saturated heterocycles. The molecule has 0 fully saturated rings. The monoisotopic (exact) mass is 195 g/mol. The lowest BCUT2D eigenvalue weighted by Crippen LogP contribution is -1.92. The van der Waals surface area contributed by atoms with Gasteiger partial charge in [0.2, 0.25) is 5.82 Å². The van der Waals surface area contributed by atoms with Crippen LogP contribution in [-0.4, -0.2) is 16.6 Å². The lowest BCUT2D eigenvalue weighted by atomic mass is 10.2. The predicted molar refractivity (Wildman–Crippen MR) is 47.0 cm³/mol. The molecule has 0 aliphatic carbocycles. The number of benzene rings is 1. The zero-order valence-electron chi connectivity index (χ0n) is 7.03. The fraction of sp³-hybridized carbons (Fsp3) is 0.111. The van der Waals surface area contributed by atoms with Crippen LogP contribution < -0.4 is 0 Å². The van der Waals surface area contributed by atoms with Crippen molar-refractivity contribution in [2.24, 2.45) is 0 Å². The summed E-state index contributed by atoms with van der Waals surface area (Å²) in [6.07, 6.45) is 0. The average Bonchev–Trinajstić information content (AvgIpc) is 2.14. The van der Waals surface area contributed by atoms with Gasteiger partial charge in [-0.3, -0.25) is 10.1 Å². The first-order chi connectivity index (χ1) is 6.65. The summed E-state index contributed by atoms with van der Waals surface area (Å²) < 4.78 is 13.0. The van der Waals surface area contributed by atoms with Gasteiger partial charge in [-0.15, -0.1) is 0 Å². The maximum absolute atomic E-state index is 13.0. The van der Waals surface area contributed by atoms with Crippen LogP contribution >= 0.6 is 0 Å². The van der Waals surface area contributed by atoms with E-state index in [0.29, 0.717) is 5.56 Å². The number of nitro groups is 1. The van der Waals surface area contributed by atoms with E-state index in [4.69, 9.17) is 5.11 Å². The molecule has 14 heavy (non-hydrogen) atoms. The van der Waals surface area contributed by atoms with Gasteiger partial charge in [-0.05, 0) is 12.1 Å². The average molecular weight is 195 g/mol. The minimum atomic E-state index is -0.931. The largest absolute Gasteiger partial charge is 0.384 e. The number of hydrogen-bond acceptors (Lipinski definition) is 3. The molecule has 1 N–H and O–H groups in total. The first-order valence-electron chi connectivity index (χ1n) is 3.69. The van der Waals surface area contributed by atoms with Crippen molar-refractivity contribution in [2.75, 3.05) is 6.61 Å². The molecule has 1 aromatic carbocycles. The summed E-state index contributed by atoms with van der Waals surface area (Å²) in [5.74, 6) is 3.82. The lowest BCUT2D eigenvalue weighted by Gasteiger charge is -1.93. The van der Waals surface area contributed by atoms with Gasteiger partial charge >= 0.3 is 5.69 Å². The molecule has 0 bridgehead atoms. The summed E-state index contributed by atoms with van der Waals surface area (Å²) in [7, 11) is 0. The van der Waals surface area contributed by atoms with Gasteiger partial charge in [-0.1, -0.05) is 11.8 Å². The Balaban J connectivity index is 3.06. The third-order valence-electron chi connectivity index (χ3n) is 1.46. The zero-order valence-corrected chi connectivity index (χ0v) is 7.03. The lowest BCUT2D eigenvalue weighted by molar-refractivity contribution is -0.387. The third-order valence-corrected chi connectivity index (χ3v) is 1.46. The van der Waals surface area contributed by atoms with Gasteiger partial charge in [0.1, 0.15) is 6.61 Å². The van der Waals surface area contributed by atoms with Crippen LogP contribution in [0, 0.1) is 27.8 Å². The molecule has 0 spiro atoms. The van der Waals surface area contributed by atoms with Crippen LogP contribution in [0.3, 0.4) is 0 Å². The molecule has 0 amide bonds. The first-order valence-corrected chi connectivity index (χ1v) is 3.69. The number of aliphatic hydroxyl groups excluding tert-OH is 1. The molecule has 0 radical (unpaired) electrons. The van der Waals surface area contributed by atoms with Gasteiger partial charge in [0.05, 0.1) is 4.92 Å². The molecule has 0 atom stereocenters. The quantitative estimate of drug-likeness (QED) is 0.414. The van der Waals surface area contributed by atoms with E-state index in [1.807, 2.05) is 0 Å². The van der Waals surface area contributed by atoms with E-state index < -0.39 is 16.4 Å². The van der Waals surface area contributed by atoms with E-state index in [0.717, 1.165) is 12.1 Å². The molecule has 4 nitrogen and oxygen atoms in total. The number of nitro benzene ring substituents is 1. The number of aliphatic hydroxyl groups is 1. The Labute approximate surface area is 79.1 Å². The van der Waals surface area contributed by atoms with E-state index >= 15 is 0 Å². The first kappa shape index (κ1) is 10.2. The Hall–Kier alpha value is -1.93. The predicted octanol–water partition coefficient (Wildman–Crippen LogP) is 1.08. The van der Waals surface area contributed by atoms with Crippen molar-refractivity contribution < 1.29 is 14.4 Å². The standard InChI is InChI=1S/C9H6FNO3/c10-8-6-7(2-1-5-12)3-4-9(8)11(13)14/h3-4,6,12H,5H2. The van der Waals surface area contributed by atoms with Gasteiger partial charge < -0.3 is 5.11 Å². The van der Waals surface area contributed by atoms with Crippen molar-refractivity contribution in [3.05, 3.63) is 39.7 Å². The fourth-order valence-electron chi connectivity index (χ4n) is 0.874.